The van der Waals surface area contributed by atoms with E-state index in [-0.39, 0.29) is 48.2 Å². The average molecular weight is 816 g/mol. The van der Waals surface area contributed by atoms with Gasteiger partial charge >= 0.3 is 11.9 Å². The number of nitrogens with one attached hydrogen (secondary N) is 2. The maximum absolute atomic E-state index is 14.8. The first-order valence-electron chi connectivity index (χ1n) is 20.2. The number of rotatable bonds is 22. The number of carboxylic acids is 1. The molecule has 7 atom stereocenters. The van der Waals surface area contributed by atoms with Gasteiger partial charge in [0.2, 0.25) is 11.8 Å². The quantitative estimate of drug-likeness (QED) is 0.0651. The summed E-state index contributed by atoms with van der Waals surface area (Å²) in [6.07, 6.45) is 4.46. The van der Waals surface area contributed by atoms with Gasteiger partial charge in [0.15, 0.2) is 6.10 Å². The highest BCUT2D eigenvalue weighted by molar-refractivity contribution is 7.99. The second-order valence-electron chi connectivity index (χ2n) is 15.8. The lowest BCUT2D eigenvalue weighted by atomic mass is 9.92. The lowest BCUT2D eigenvalue weighted by Crippen LogP contribution is -2.58. The standard InChI is InChI=1S/C42H65N5O7S2/c1-10-20-55-25-47(41(51)37(28(6)11-2)45-39(50)34-14-12-13-19-46(34)9)35(26(3)4)23-36(54-30(8)48)40-44-33(24-56-40)38(49)43-32(21-29(7)42(52)53)22-31-17-15-27(5)16-18-31/h15-18,24,26,28-29,32,34-37H,10-14,19-23,25H2,1-9H3,(H,43,49)(H,45,50)(H,52,53)/t28?,29-,32+,34+,35+,36+,37-/m0/s1. The first-order chi connectivity index (χ1) is 26.6. The molecule has 2 aromatic rings. The number of aromatic nitrogens is 1. The van der Waals surface area contributed by atoms with E-state index in [1.54, 1.807) is 24.1 Å². The van der Waals surface area contributed by atoms with Gasteiger partial charge in [0.1, 0.15) is 16.7 Å². The normalized spacial score (nSPS) is 17.9. The minimum absolute atomic E-state index is 0.0570. The van der Waals surface area contributed by atoms with E-state index in [0.717, 1.165) is 49.1 Å². The van der Waals surface area contributed by atoms with Gasteiger partial charge in [-0.2, -0.15) is 0 Å². The Balaban J connectivity index is 1.91. The third-order valence-electron chi connectivity index (χ3n) is 10.7. The number of nitrogens with zero attached hydrogens (tertiary/aromatic N) is 3. The number of aryl methyl sites for hydroxylation is 1. The van der Waals surface area contributed by atoms with E-state index in [1.807, 2.05) is 70.8 Å². The fraction of sp³-hybridized carbons (Fsp3) is 0.667. The molecule has 1 aromatic carbocycles. The van der Waals surface area contributed by atoms with Gasteiger partial charge in [0.25, 0.3) is 5.91 Å². The Morgan fingerprint density at radius 1 is 1.05 bits per heavy atom. The molecule has 56 heavy (non-hydrogen) atoms. The van der Waals surface area contributed by atoms with E-state index < -0.39 is 48.0 Å². The molecule has 1 unspecified atom stereocenters. The average Bonchev–Trinajstić information content (AvgIpc) is 3.65. The van der Waals surface area contributed by atoms with Gasteiger partial charge < -0.3 is 25.4 Å². The molecule has 3 N–H and O–H groups in total. The summed E-state index contributed by atoms with van der Waals surface area (Å²) < 4.78 is 5.89. The van der Waals surface area contributed by atoms with Gasteiger partial charge in [-0.1, -0.05) is 84.2 Å². The molecule has 0 saturated carbocycles. The molecule has 1 aliphatic rings. The zero-order chi connectivity index (χ0) is 41.5. The number of thioether (sulfide) groups is 1. The smallest absolute Gasteiger partial charge is 0.306 e. The SMILES string of the molecule is CCCSCN(C(=O)[C@@H](NC(=O)[C@H]1CCCCN1C)C(C)CC)[C@H](C[C@@H](OC(C)=O)c1nc(C(=O)N[C@@H](Cc2ccc(C)cc2)C[C@H](C)C(=O)O)cs1)C(C)C. The molecule has 3 rings (SSSR count). The molecule has 1 aliphatic heterocycles. The number of hydrogen-bond acceptors (Lipinski definition) is 10. The molecule has 0 aliphatic carbocycles. The number of amides is 3. The molecule has 1 saturated heterocycles. The Morgan fingerprint density at radius 2 is 1.75 bits per heavy atom. The number of aliphatic carboxylic acids is 1. The molecule has 0 bridgehead atoms. The number of carbonyl (C=O) groups excluding carboxylic acids is 4. The number of thiazole rings is 1. The van der Waals surface area contributed by atoms with E-state index in [9.17, 15) is 29.1 Å². The van der Waals surface area contributed by atoms with Crippen LogP contribution < -0.4 is 10.6 Å². The number of hydrogen-bond donors (Lipinski definition) is 3. The molecule has 312 valence electrons. The maximum Gasteiger partial charge on any atom is 0.306 e. The number of benzene rings is 1. The number of ether oxygens (including phenoxy) is 1. The van der Waals surface area contributed by atoms with Crippen molar-refractivity contribution in [3.8, 4) is 0 Å². The predicted molar refractivity (Wildman–Crippen MR) is 224 cm³/mol. The number of piperidine rings is 1. The van der Waals surface area contributed by atoms with Crippen LogP contribution in [0.5, 0.6) is 0 Å². The van der Waals surface area contributed by atoms with Crippen LogP contribution in [-0.2, 0) is 30.3 Å². The second kappa shape index (κ2) is 23.0. The fourth-order valence-corrected chi connectivity index (χ4v) is 8.83. The zero-order valence-corrected chi connectivity index (χ0v) is 36.5. The number of likely N-dealkylation sites (tertiary alicyclic amines) is 1. The van der Waals surface area contributed by atoms with E-state index in [4.69, 9.17) is 4.74 Å². The molecule has 12 nitrogen and oxygen atoms in total. The van der Waals surface area contributed by atoms with Crippen molar-refractivity contribution in [2.45, 2.75) is 137 Å². The van der Waals surface area contributed by atoms with Gasteiger partial charge in [-0.3, -0.25) is 28.9 Å². The lowest BCUT2D eigenvalue weighted by molar-refractivity contribution is -0.149. The van der Waals surface area contributed by atoms with Crippen molar-refractivity contribution in [1.29, 1.82) is 0 Å². The first kappa shape index (κ1) is 46.9. The Morgan fingerprint density at radius 3 is 2.34 bits per heavy atom. The molecule has 0 spiro atoms. The van der Waals surface area contributed by atoms with Crippen molar-refractivity contribution in [1.82, 2.24) is 25.4 Å². The first-order valence-corrected chi connectivity index (χ1v) is 22.2. The topological polar surface area (TPSA) is 158 Å². The summed E-state index contributed by atoms with van der Waals surface area (Å²) in [5.41, 5.74) is 2.21. The second-order valence-corrected chi connectivity index (χ2v) is 17.7. The van der Waals surface area contributed by atoms with Crippen molar-refractivity contribution in [3.63, 3.8) is 0 Å². The summed E-state index contributed by atoms with van der Waals surface area (Å²) in [6.45, 7) is 15.9. The Bertz CT molecular complexity index is 1590. The van der Waals surface area contributed by atoms with Crippen LogP contribution in [0, 0.1) is 24.7 Å². The zero-order valence-electron chi connectivity index (χ0n) is 34.8. The van der Waals surface area contributed by atoms with Crippen molar-refractivity contribution < 1.29 is 33.8 Å². The summed E-state index contributed by atoms with van der Waals surface area (Å²) >= 11 is 2.85. The highest BCUT2D eigenvalue weighted by Gasteiger charge is 2.39. The molecular formula is C42H65N5O7S2. The molecule has 1 fully saturated rings. The van der Waals surface area contributed by atoms with E-state index in [0.29, 0.717) is 23.7 Å². The van der Waals surface area contributed by atoms with Crippen molar-refractivity contribution in [2.75, 3.05) is 25.2 Å². The number of carboxylic acid groups (broad SMARTS) is 1. The number of carbonyl (C=O) groups is 5. The minimum Gasteiger partial charge on any atom is -0.481 e. The van der Waals surface area contributed by atoms with Crippen LogP contribution in [-0.4, -0.2) is 98.9 Å². The van der Waals surface area contributed by atoms with Crippen LogP contribution in [0.25, 0.3) is 0 Å². The number of likely N-dealkylation sites (N-methyl/N-ethyl adjacent to an activating group) is 1. The van der Waals surface area contributed by atoms with Gasteiger partial charge in [-0.15, -0.1) is 23.1 Å². The van der Waals surface area contributed by atoms with Gasteiger partial charge in [-0.05, 0) is 75.8 Å². The van der Waals surface area contributed by atoms with Gasteiger partial charge in [0.05, 0.1) is 17.8 Å². The van der Waals surface area contributed by atoms with Crippen LogP contribution in [0.4, 0.5) is 0 Å². The molecule has 3 amide bonds. The van der Waals surface area contributed by atoms with Crippen LogP contribution in [0.1, 0.15) is 126 Å². The Hall–Kier alpha value is -3.49. The number of esters is 1. The highest BCUT2D eigenvalue weighted by atomic mass is 32.2. The molecule has 0 radical (unpaired) electrons. The van der Waals surface area contributed by atoms with E-state index in [1.165, 1.54) is 18.3 Å². The third kappa shape index (κ3) is 14.2. The van der Waals surface area contributed by atoms with Crippen molar-refractivity contribution in [3.05, 3.63) is 51.5 Å². The third-order valence-corrected chi connectivity index (χ3v) is 12.8. The van der Waals surface area contributed by atoms with Crippen molar-refractivity contribution >= 4 is 52.8 Å². The van der Waals surface area contributed by atoms with Gasteiger partial charge in [-0.25, -0.2) is 4.98 Å². The van der Waals surface area contributed by atoms with Crippen LogP contribution in [0.3, 0.4) is 0 Å². The largest absolute Gasteiger partial charge is 0.481 e. The van der Waals surface area contributed by atoms with Crippen LogP contribution in [0.2, 0.25) is 0 Å². The Labute approximate surface area is 342 Å². The molecule has 2 heterocycles. The summed E-state index contributed by atoms with van der Waals surface area (Å²) in [7, 11) is 1.96. The van der Waals surface area contributed by atoms with Gasteiger partial charge in [0, 0.05) is 30.8 Å². The van der Waals surface area contributed by atoms with Crippen LogP contribution >= 0.6 is 23.1 Å². The van der Waals surface area contributed by atoms with E-state index in [2.05, 4.69) is 27.4 Å². The summed E-state index contributed by atoms with van der Waals surface area (Å²) in [5.74, 6) is -1.81. The predicted octanol–water partition coefficient (Wildman–Crippen LogP) is 6.87. The fourth-order valence-electron chi connectivity index (χ4n) is 7.05. The van der Waals surface area contributed by atoms with Crippen LogP contribution in [0.15, 0.2) is 29.6 Å². The highest BCUT2D eigenvalue weighted by Crippen LogP contribution is 2.32. The summed E-state index contributed by atoms with van der Waals surface area (Å²) in [4.78, 5) is 75.0. The monoisotopic (exact) mass is 815 g/mol. The Kier molecular flexibility index (Phi) is 19.3. The minimum atomic E-state index is -0.941. The van der Waals surface area contributed by atoms with E-state index >= 15 is 0 Å². The lowest BCUT2D eigenvalue weighted by Gasteiger charge is -2.40. The summed E-state index contributed by atoms with van der Waals surface area (Å²) in [6, 6.07) is 6.03. The van der Waals surface area contributed by atoms with Crippen molar-refractivity contribution in [2.24, 2.45) is 17.8 Å². The molecule has 1 aromatic heterocycles. The molecular weight excluding hydrogens is 751 g/mol. The maximum atomic E-state index is 14.8. The molecule has 14 heteroatoms. The summed E-state index contributed by atoms with van der Waals surface area (Å²) in [5, 5.41) is 17.8.